The molecule has 1 aromatic heterocycles. The molecule has 0 amide bonds. The lowest BCUT2D eigenvalue weighted by Gasteiger charge is -2.12. The summed E-state index contributed by atoms with van der Waals surface area (Å²) < 4.78 is 2.71. The highest BCUT2D eigenvalue weighted by Crippen LogP contribution is 2.33. The zero-order chi connectivity index (χ0) is 20.3. The molecule has 2 nitrogen and oxygen atoms in total. The van der Waals surface area contributed by atoms with Crippen LogP contribution in [0.25, 0.3) is 0 Å². The Morgan fingerprint density at radius 3 is 1.45 bits per heavy atom. The highest BCUT2D eigenvalue weighted by Gasteiger charge is 2.33. The molecule has 0 fully saturated rings. The fourth-order valence-electron chi connectivity index (χ4n) is 5.71. The predicted octanol–water partition coefficient (Wildman–Crippen LogP) is 7.02. The first kappa shape index (κ1) is 22.6. The summed E-state index contributed by atoms with van der Waals surface area (Å²) >= 11 is 0. The Bertz CT molecular complexity index is 584. The van der Waals surface area contributed by atoms with Gasteiger partial charge in [0.1, 0.15) is 6.54 Å². The summed E-state index contributed by atoms with van der Waals surface area (Å²) in [6.45, 7) is 3.54. The fourth-order valence-corrected chi connectivity index (χ4v) is 5.71. The number of nitrogens with zero attached hydrogens (tertiary/aromatic N) is 1. The van der Waals surface area contributed by atoms with Gasteiger partial charge in [-0.3, -0.25) is 0 Å². The van der Waals surface area contributed by atoms with Gasteiger partial charge in [-0.05, 0) is 32.1 Å². The first-order valence-electron chi connectivity index (χ1n) is 13.2. The molecule has 0 bridgehead atoms. The Morgan fingerprint density at radius 1 is 0.586 bits per heavy atom. The molecule has 0 spiro atoms. The van der Waals surface area contributed by atoms with Crippen LogP contribution in [0.15, 0.2) is 0 Å². The minimum Gasteiger partial charge on any atom is -0.398 e. The van der Waals surface area contributed by atoms with Crippen molar-refractivity contribution >= 4 is 5.69 Å². The normalized spacial score (nSPS) is 15.1. The predicted molar refractivity (Wildman–Crippen MR) is 125 cm³/mol. The molecule has 1 heterocycles. The quantitative estimate of drug-likeness (QED) is 0.249. The largest absolute Gasteiger partial charge is 0.398 e. The SMILES string of the molecule is CCCCCCCCCCCCCCCC[n+]1c2c(c(N)c3c1CCC3)CCC2. The number of anilines is 1. The lowest BCUT2D eigenvalue weighted by atomic mass is 10.0. The zero-order valence-electron chi connectivity index (χ0n) is 19.4. The van der Waals surface area contributed by atoms with Crippen molar-refractivity contribution in [3.63, 3.8) is 0 Å². The maximum Gasteiger partial charge on any atom is 0.186 e. The summed E-state index contributed by atoms with van der Waals surface area (Å²) in [6.07, 6.45) is 27.7. The number of unbranched alkanes of at least 4 members (excludes halogenated alkanes) is 13. The summed E-state index contributed by atoms with van der Waals surface area (Å²) in [6, 6.07) is 0. The maximum absolute atomic E-state index is 6.52. The van der Waals surface area contributed by atoms with E-state index >= 15 is 0 Å². The van der Waals surface area contributed by atoms with E-state index in [1.807, 2.05) is 0 Å². The number of aromatic nitrogens is 1. The minimum atomic E-state index is 1.17. The van der Waals surface area contributed by atoms with Crippen LogP contribution in [0.3, 0.4) is 0 Å². The van der Waals surface area contributed by atoms with E-state index < -0.39 is 0 Å². The van der Waals surface area contributed by atoms with Crippen LogP contribution >= 0.6 is 0 Å². The molecular weight excluding hydrogens is 352 g/mol. The zero-order valence-corrected chi connectivity index (χ0v) is 19.4. The molecule has 3 rings (SSSR count). The highest BCUT2D eigenvalue weighted by molar-refractivity contribution is 5.57. The van der Waals surface area contributed by atoms with E-state index in [0.717, 1.165) is 0 Å². The molecule has 29 heavy (non-hydrogen) atoms. The van der Waals surface area contributed by atoms with Gasteiger partial charge in [-0.25, -0.2) is 0 Å². The molecule has 0 aromatic carbocycles. The van der Waals surface area contributed by atoms with Crippen LogP contribution in [0, 0.1) is 0 Å². The molecule has 0 saturated heterocycles. The van der Waals surface area contributed by atoms with Crippen LogP contribution in [0.4, 0.5) is 5.69 Å². The van der Waals surface area contributed by atoms with E-state index in [9.17, 15) is 0 Å². The molecule has 1 aromatic rings. The molecule has 2 N–H and O–H groups in total. The van der Waals surface area contributed by atoms with Gasteiger partial charge < -0.3 is 5.73 Å². The van der Waals surface area contributed by atoms with Gasteiger partial charge in [0.05, 0.1) is 5.69 Å². The first-order chi connectivity index (χ1) is 14.3. The summed E-state index contributed by atoms with van der Waals surface area (Å²) in [7, 11) is 0. The highest BCUT2D eigenvalue weighted by atomic mass is 15.0. The molecule has 0 atom stereocenters. The molecule has 0 saturated carbocycles. The van der Waals surface area contributed by atoms with Crippen LogP contribution in [-0.2, 0) is 32.2 Å². The monoisotopic (exact) mass is 399 g/mol. The Hall–Kier alpha value is -1.05. The fraction of sp³-hybridized carbons (Fsp3) is 0.815. The van der Waals surface area contributed by atoms with Crippen molar-refractivity contribution in [2.24, 2.45) is 0 Å². The molecule has 0 unspecified atom stereocenters. The van der Waals surface area contributed by atoms with Crippen molar-refractivity contribution < 1.29 is 4.57 Å². The Balaban J connectivity index is 1.25. The molecule has 2 aliphatic rings. The third-order valence-corrected chi connectivity index (χ3v) is 7.41. The minimum absolute atomic E-state index is 1.17. The Labute approximate surface area is 180 Å². The van der Waals surface area contributed by atoms with Gasteiger partial charge in [-0.1, -0.05) is 84.0 Å². The Morgan fingerprint density at radius 2 is 1.00 bits per heavy atom. The Kier molecular flexibility index (Phi) is 9.83. The van der Waals surface area contributed by atoms with E-state index in [-0.39, 0.29) is 0 Å². The lowest BCUT2D eigenvalue weighted by Crippen LogP contribution is -2.43. The standard InChI is InChI=1S/C27H46N2/c1-2-3-4-5-6-7-8-9-10-11-12-13-14-15-22-29-25-20-16-18-23(25)27(28)24-19-17-21-26(24)29/h28H,2-22H2,1H3/p+1. The number of pyridine rings is 1. The van der Waals surface area contributed by atoms with Gasteiger partial charge in [-0.15, -0.1) is 0 Å². The van der Waals surface area contributed by atoms with E-state index in [2.05, 4.69) is 11.5 Å². The van der Waals surface area contributed by atoms with Crippen molar-refractivity contribution in [3.05, 3.63) is 22.5 Å². The maximum atomic E-state index is 6.52. The third-order valence-electron chi connectivity index (χ3n) is 7.41. The van der Waals surface area contributed by atoms with Gasteiger partial charge in [0.2, 0.25) is 0 Å². The van der Waals surface area contributed by atoms with Crippen molar-refractivity contribution in [3.8, 4) is 0 Å². The second-order valence-corrected chi connectivity index (χ2v) is 9.72. The van der Waals surface area contributed by atoms with Gasteiger partial charge in [0.15, 0.2) is 11.4 Å². The number of hydrogen-bond acceptors (Lipinski definition) is 1. The van der Waals surface area contributed by atoms with Crippen molar-refractivity contribution in [1.82, 2.24) is 0 Å². The number of hydrogen-bond donors (Lipinski definition) is 1. The summed E-state index contributed by atoms with van der Waals surface area (Å²) in [5, 5.41) is 0. The molecule has 0 aliphatic heterocycles. The van der Waals surface area contributed by atoms with Crippen molar-refractivity contribution in [2.45, 2.75) is 142 Å². The number of fused-ring (bicyclic) bond motifs is 2. The van der Waals surface area contributed by atoms with Crippen LogP contribution in [0.5, 0.6) is 0 Å². The van der Waals surface area contributed by atoms with Crippen molar-refractivity contribution in [2.75, 3.05) is 5.73 Å². The third kappa shape index (κ3) is 6.46. The van der Waals surface area contributed by atoms with Crippen LogP contribution < -0.4 is 10.3 Å². The smallest absolute Gasteiger partial charge is 0.186 e. The van der Waals surface area contributed by atoms with Crippen LogP contribution in [0.1, 0.15) is 132 Å². The van der Waals surface area contributed by atoms with Crippen molar-refractivity contribution in [1.29, 1.82) is 0 Å². The molecule has 2 aliphatic carbocycles. The summed E-state index contributed by atoms with van der Waals surface area (Å²) in [5.74, 6) is 0. The number of rotatable bonds is 15. The van der Waals surface area contributed by atoms with Gasteiger partial charge in [-0.2, -0.15) is 4.57 Å². The van der Waals surface area contributed by atoms with E-state index in [1.165, 1.54) is 152 Å². The number of nitrogens with two attached hydrogens (primary N) is 1. The van der Waals surface area contributed by atoms with Gasteiger partial charge in [0.25, 0.3) is 0 Å². The molecule has 164 valence electrons. The number of nitrogen functional groups attached to an aromatic ring is 1. The summed E-state index contributed by atoms with van der Waals surface area (Å²) in [5.41, 5.74) is 13.9. The van der Waals surface area contributed by atoms with Crippen LogP contribution in [0.2, 0.25) is 0 Å². The van der Waals surface area contributed by atoms with E-state index in [0.29, 0.717) is 0 Å². The first-order valence-corrected chi connectivity index (χ1v) is 13.2. The second kappa shape index (κ2) is 12.6. The second-order valence-electron chi connectivity index (χ2n) is 9.72. The lowest BCUT2D eigenvalue weighted by molar-refractivity contribution is -0.711. The van der Waals surface area contributed by atoms with E-state index in [4.69, 9.17) is 5.73 Å². The molecule has 0 radical (unpaired) electrons. The molecule has 2 heteroatoms. The average Bonchev–Trinajstić information content (AvgIpc) is 3.40. The topological polar surface area (TPSA) is 29.9 Å². The summed E-state index contributed by atoms with van der Waals surface area (Å²) in [4.78, 5) is 0. The van der Waals surface area contributed by atoms with Gasteiger partial charge >= 0.3 is 0 Å². The van der Waals surface area contributed by atoms with E-state index in [1.54, 1.807) is 11.4 Å². The van der Waals surface area contributed by atoms with Gasteiger partial charge in [0, 0.05) is 30.4 Å². The van der Waals surface area contributed by atoms with Crippen LogP contribution in [-0.4, -0.2) is 0 Å². The average molecular weight is 400 g/mol. The molecular formula is C27H47N2+.